The Bertz CT molecular complexity index is 462. The minimum Gasteiger partial charge on any atom is -0.361 e. The van der Waals surface area contributed by atoms with Crippen LogP contribution in [0, 0.1) is 0 Å². The Kier molecular flexibility index (Phi) is 3.12. The molecule has 80 valence electrons. The normalized spacial score (nSPS) is 13.3. The summed E-state index contributed by atoms with van der Waals surface area (Å²) in [5.74, 6) is 0. The number of benzene rings is 1. The van der Waals surface area contributed by atoms with Crippen LogP contribution < -0.4 is 5.32 Å². The summed E-state index contributed by atoms with van der Waals surface area (Å²) in [7, 11) is 1.99. The summed E-state index contributed by atoms with van der Waals surface area (Å²) in [4.78, 5) is 3.30. The minimum atomic E-state index is 0.496. The van der Waals surface area contributed by atoms with E-state index in [0.29, 0.717) is 6.04 Å². The Morgan fingerprint density at radius 1 is 1.47 bits per heavy atom. The van der Waals surface area contributed by atoms with Crippen molar-refractivity contribution >= 4 is 26.8 Å². The molecule has 0 aliphatic carbocycles. The van der Waals surface area contributed by atoms with Gasteiger partial charge in [-0.3, -0.25) is 0 Å². The Labute approximate surface area is 98.2 Å². The molecule has 0 spiro atoms. The van der Waals surface area contributed by atoms with Gasteiger partial charge < -0.3 is 10.3 Å². The van der Waals surface area contributed by atoms with Gasteiger partial charge in [-0.2, -0.15) is 0 Å². The van der Waals surface area contributed by atoms with E-state index in [1.54, 1.807) is 0 Å². The van der Waals surface area contributed by atoms with E-state index in [-0.39, 0.29) is 0 Å². The van der Waals surface area contributed by atoms with Gasteiger partial charge in [0.1, 0.15) is 0 Å². The van der Waals surface area contributed by atoms with Crippen LogP contribution in [0.1, 0.15) is 12.5 Å². The lowest BCUT2D eigenvalue weighted by Crippen LogP contribution is -2.23. The largest absolute Gasteiger partial charge is 0.361 e. The van der Waals surface area contributed by atoms with Gasteiger partial charge in [0.05, 0.1) is 0 Å². The zero-order valence-electron chi connectivity index (χ0n) is 8.97. The van der Waals surface area contributed by atoms with Crippen LogP contribution in [0.5, 0.6) is 0 Å². The van der Waals surface area contributed by atoms with Crippen LogP contribution in [0.4, 0.5) is 0 Å². The molecular weight excluding hydrogens is 252 g/mol. The number of hydrogen-bond donors (Lipinski definition) is 2. The number of rotatable bonds is 3. The molecule has 0 fully saturated rings. The molecule has 0 saturated carbocycles. The summed E-state index contributed by atoms with van der Waals surface area (Å²) >= 11 is 3.60. The fourth-order valence-electron chi connectivity index (χ4n) is 1.80. The molecule has 0 radical (unpaired) electrons. The van der Waals surface area contributed by atoms with E-state index in [0.717, 1.165) is 6.42 Å². The van der Waals surface area contributed by atoms with Crippen molar-refractivity contribution in [2.24, 2.45) is 0 Å². The predicted octanol–water partition coefficient (Wildman–Crippen LogP) is 3.08. The SMILES string of the molecule is CNC(C)Cc1c[nH]c2cccc(Br)c12. The molecule has 1 heterocycles. The lowest BCUT2D eigenvalue weighted by Gasteiger charge is -2.09. The molecule has 2 nitrogen and oxygen atoms in total. The van der Waals surface area contributed by atoms with E-state index in [1.807, 2.05) is 13.1 Å². The maximum atomic E-state index is 3.60. The zero-order valence-corrected chi connectivity index (χ0v) is 10.6. The highest BCUT2D eigenvalue weighted by molar-refractivity contribution is 9.10. The van der Waals surface area contributed by atoms with Crippen molar-refractivity contribution in [3.8, 4) is 0 Å². The molecule has 1 unspecified atom stereocenters. The van der Waals surface area contributed by atoms with Gasteiger partial charge >= 0.3 is 0 Å². The molecule has 15 heavy (non-hydrogen) atoms. The molecule has 0 aliphatic heterocycles. The summed E-state index contributed by atoms with van der Waals surface area (Å²) in [6.07, 6.45) is 3.14. The first-order valence-corrected chi connectivity index (χ1v) is 5.93. The van der Waals surface area contributed by atoms with Gasteiger partial charge in [0.25, 0.3) is 0 Å². The van der Waals surface area contributed by atoms with E-state index >= 15 is 0 Å². The highest BCUT2D eigenvalue weighted by atomic mass is 79.9. The van der Waals surface area contributed by atoms with Gasteiger partial charge in [0.15, 0.2) is 0 Å². The van der Waals surface area contributed by atoms with E-state index in [1.165, 1.54) is 20.9 Å². The van der Waals surface area contributed by atoms with Crippen molar-refractivity contribution in [3.05, 3.63) is 34.4 Å². The standard InChI is InChI=1S/C12H15BrN2/c1-8(14-2)6-9-7-15-11-5-3-4-10(13)12(9)11/h3-5,7-8,14-15H,6H2,1-2H3. The summed E-state index contributed by atoms with van der Waals surface area (Å²) in [5.41, 5.74) is 2.56. The van der Waals surface area contributed by atoms with Gasteiger partial charge in [-0.05, 0) is 38.1 Å². The summed E-state index contributed by atoms with van der Waals surface area (Å²) < 4.78 is 1.17. The highest BCUT2D eigenvalue weighted by Crippen LogP contribution is 2.27. The third-order valence-electron chi connectivity index (χ3n) is 2.76. The van der Waals surface area contributed by atoms with Crippen molar-refractivity contribution in [2.75, 3.05) is 7.05 Å². The van der Waals surface area contributed by atoms with Crippen LogP contribution >= 0.6 is 15.9 Å². The first-order valence-electron chi connectivity index (χ1n) is 5.14. The maximum absolute atomic E-state index is 3.60. The zero-order chi connectivity index (χ0) is 10.8. The smallest absolute Gasteiger partial charge is 0.0468 e. The Hall–Kier alpha value is -0.800. The molecule has 2 aromatic rings. The number of aromatic amines is 1. The average molecular weight is 267 g/mol. The van der Waals surface area contributed by atoms with Crippen molar-refractivity contribution < 1.29 is 0 Å². The van der Waals surface area contributed by atoms with Crippen molar-refractivity contribution in [1.82, 2.24) is 10.3 Å². The third kappa shape index (κ3) is 2.08. The van der Waals surface area contributed by atoms with Crippen LogP contribution in [0.15, 0.2) is 28.9 Å². The second-order valence-corrected chi connectivity index (χ2v) is 4.72. The minimum absolute atomic E-state index is 0.496. The third-order valence-corrected chi connectivity index (χ3v) is 3.42. The fourth-order valence-corrected chi connectivity index (χ4v) is 2.42. The number of aromatic nitrogens is 1. The van der Waals surface area contributed by atoms with Gasteiger partial charge in [0.2, 0.25) is 0 Å². The quantitative estimate of drug-likeness (QED) is 0.878. The average Bonchev–Trinajstić information content (AvgIpc) is 2.63. The summed E-state index contributed by atoms with van der Waals surface area (Å²) in [6, 6.07) is 6.74. The molecule has 1 atom stereocenters. The molecule has 1 aromatic carbocycles. The monoisotopic (exact) mass is 266 g/mol. The lowest BCUT2D eigenvalue weighted by molar-refractivity contribution is 0.610. The Morgan fingerprint density at radius 2 is 2.27 bits per heavy atom. The van der Waals surface area contributed by atoms with Crippen LogP contribution in [0.2, 0.25) is 0 Å². The first-order chi connectivity index (χ1) is 7.22. The number of likely N-dealkylation sites (N-methyl/N-ethyl adjacent to an activating group) is 1. The summed E-state index contributed by atoms with van der Waals surface area (Å²) in [6.45, 7) is 2.19. The first kappa shape index (κ1) is 10.7. The second-order valence-electron chi connectivity index (χ2n) is 3.87. The van der Waals surface area contributed by atoms with E-state index in [9.17, 15) is 0 Å². The van der Waals surface area contributed by atoms with E-state index in [4.69, 9.17) is 0 Å². The molecule has 0 bridgehead atoms. The second kappa shape index (κ2) is 4.37. The summed E-state index contributed by atoms with van der Waals surface area (Å²) in [5, 5.41) is 4.56. The molecule has 1 aromatic heterocycles. The number of H-pyrrole nitrogens is 1. The van der Waals surface area contributed by atoms with Crippen molar-refractivity contribution in [2.45, 2.75) is 19.4 Å². The van der Waals surface area contributed by atoms with Gasteiger partial charge in [-0.1, -0.05) is 22.0 Å². The molecule has 2 N–H and O–H groups in total. The number of halogens is 1. The molecule has 0 amide bonds. The number of hydrogen-bond acceptors (Lipinski definition) is 1. The molecule has 3 heteroatoms. The number of fused-ring (bicyclic) bond motifs is 1. The highest BCUT2D eigenvalue weighted by Gasteiger charge is 2.09. The van der Waals surface area contributed by atoms with Crippen LogP contribution in [-0.2, 0) is 6.42 Å². The topological polar surface area (TPSA) is 27.8 Å². The van der Waals surface area contributed by atoms with Gasteiger partial charge in [-0.25, -0.2) is 0 Å². The molecule has 0 aliphatic rings. The van der Waals surface area contributed by atoms with Crippen LogP contribution in [-0.4, -0.2) is 18.1 Å². The Morgan fingerprint density at radius 3 is 3.00 bits per heavy atom. The molecular formula is C12H15BrN2. The van der Waals surface area contributed by atoms with Gasteiger partial charge in [-0.15, -0.1) is 0 Å². The van der Waals surface area contributed by atoms with Crippen molar-refractivity contribution in [3.63, 3.8) is 0 Å². The predicted molar refractivity (Wildman–Crippen MR) is 68.2 cm³/mol. The Balaban J connectivity index is 2.43. The van der Waals surface area contributed by atoms with Crippen LogP contribution in [0.25, 0.3) is 10.9 Å². The van der Waals surface area contributed by atoms with Crippen molar-refractivity contribution in [1.29, 1.82) is 0 Å². The molecule has 0 saturated heterocycles. The lowest BCUT2D eigenvalue weighted by atomic mass is 10.1. The van der Waals surface area contributed by atoms with E-state index in [2.05, 4.69) is 51.5 Å². The van der Waals surface area contributed by atoms with E-state index < -0.39 is 0 Å². The van der Waals surface area contributed by atoms with Crippen LogP contribution in [0.3, 0.4) is 0 Å². The molecule has 2 rings (SSSR count). The number of nitrogens with one attached hydrogen (secondary N) is 2. The fraction of sp³-hybridized carbons (Fsp3) is 0.333. The maximum Gasteiger partial charge on any atom is 0.0468 e. The van der Waals surface area contributed by atoms with Gasteiger partial charge in [0, 0.05) is 27.6 Å².